The molecule has 1 atom stereocenters. The molecule has 0 fully saturated rings. The fourth-order valence-corrected chi connectivity index (χ4v) is 4.71. The van der Waals surface area contributed by atoms with E-state index in [2.05, 4.69) is 18.4 Å². The summed E-state index contributed by atoms with van der Waals surface area (Å²) in [6, 6.07) is 6.89. The zero-order valence-corrected chi connectivity index (χ0v) is 14.9. The van der Waals surface area contributed by atoms with E-state index < -0.39 is 15.6 Å². The van der Waals surface area contributed by atoms with E-state index in [1.807, 2.05) is 33.8 Å². The van der Waals surface area contributed by atoms with Crippen LogP contribution in [0.3, 0.4) is 0 Å². The molecule has 1 aromatic carbocycles. The third-order valence-corrected chi connectivity index (χ3v) is 5.85. The summed E-state index contributed by atoms with van der Waals surface area (Å²) < 4.78 is 27.6. The van der Waals surface area contributed by atoms with Crippen molar-refractivity contribution in [2.24, 2.45) is 0 Å². The molecule has 0 radical (unpaired) electrons. The molecule has 1 aliphatic rings. The normalized spacial score (nSPS) is 21.0. The zero-order chi connectivity index (χ0) is 17.3. The Hall–Kier alpha value is -2.03. The van der Waals surface area contributed by atoms with Gasteiger partial charge in [0.25, 0.3) is 10.0 Å². The van der Waals surface area contributed by atoms with Gasteiger partial charge in [-0.15, -0.1) is 5.73 Å². The minimum absolute atomic E-state index is 0.272. The molecule has 0 spiro atoms. The summed E-state index contributed by atoms with van der Waals surface area (Å²) in [7, 11) is -3.68. The van der Waals surface area contributed by atoms with E-state index in [1.54, 1.807) is 24.3 Å². The van der Waals surface area contributed by atoms with Crippen molar-refractivity contribution in [2.45, 2.75) is 44.6 Å². The Bertz CT molecular complexity index is 809. The summed E-state index contributed by atoms with van der Waals surface area (Å²) in [5.41, 5.74) is 5.18. The molecule has 1 unspecified atom stereocenters. The molecule has 3 nitrogen and oxygen atoms in total. The number of allylic oxidation sites excluding steroid dienone is 2. The summed E-state index contributed by atoms with van der Waals surface area (Å²) in [5.74, 6) is 0. The summed E-state index contributed by atoms with van der Waals surface area (Å²) in [6.07, 6.45) is 6.13. The Kier molecular flexibility index (Phi) is 4.69. The topological polar surface area (TPSA) is 37.4 Å². The van der Waals surface area contributed by atoms with Crippen molar-refractivity contribution in [1.82, 2.24) is 4.31 Å². The fraction of sp³-hybridized carbons (Fsp3) is 0.316. The van der Waals surface area contributed by atoms with Gasteiger partial charge in [0.15, 0.2) is 0 Å². The lowest BCUT2D eigenvalue weighted by Crippen LogP contribution is -2.46. The Morgan fingerprint density at radius 2 is 1.83 bits per heavy atom. The van der Waals surface area contributed by atoms with Crippen LogP contribution in [-0.2, 0) is 10.0 Å². The zero-order valence-electron chi connectivity index (χ0n) is 14.1. The van der Waals surface area contributed by atoms with Crippen molar-refractivity contribution < 1.29 is 8.42 Å². The molecule has 4 heteroatoms. The first-order valence-electron chi connectivity index (χ1n) is 7.53. The maximum absolute atomic E-state index is 13.1. The van der Waals surface area contributed by atoms with Crippen molar-refractivity contribution in [3.63, 3.8) is 0 Å². The van der Waals surface area contributed by atoms with Crippen LogP contribution in [0, 0.1) is 6.92 Å². The summed E-state index contributed by atoms with van der Waals surface area (Å²) in [6.45, 7) is 11.4. The van der Waals surface area contributed by atoms with Gasteiger partial charge in [0.05, 0.1) is 16.6 Å². The van der Waals surface area contributed by atoms with E-state index in [0.717, 1.165) is 16.7 Å². The molecule has 0 amide bonds. The molecule has 0 saturated carbocycles. The lowest BCUT2D eigenvalue weighted by molar-refractivity contribution is 0.324. The Labute approximate surface area is 139 Å². The first kappa shape index (κ1) is 17.3. The highest BCUT2D eigenvalue weighted by Crippen LogP contribution is 2.35. The second-order valence-electron chi connectivity index (χ2n) is 6.36. The van der Waals surface area contributed by atoms with Crippen LogP contribution in [0.1, 0.15) is 32.8 Å². The Balaban J connectivity index is 2.57. The van der Waals surface area contributed by atoms with E-state index in [4.69, 9.17) is 0 Å². The first-order valence-corrected chi connectivity index (χ1v) is 8.97. The number of hydrogen-bond acceptors (Lipinski definition) is 2. The molecule has 23 heavy (non-hydrogen) atoms. The summed E-state index contributed by atoms with van der Waals surface area (Å²) in [4.78, 5) is 0.272. The quantitative estimate of drug-likeness (QED) is 0.771. The van der Waals surface area contributed by atoms with Gasteiger partial charge in [-0.2, -0.15) is 0 Å². The number of nitrogens with zero attached hydrogens (tertiary/aromatic N) is 1. The number of benzene rings is 1. The SMILES string of the molecule is C=C=CN(C1(C)C=C(C)C=C(C)C1)S(=O)(=O)c1ccc(C)cc1. The first-order chi connectivity index (χ1) is 10.7. The van der Waals surface area contributed by atoms with Crippen molar-refractivity contribution in [3.8, 4) is 0 Å². The average molecular weight is 329 g/mol. The van der Waals surface area contributed by atoms with Gasteiger partial charge >= 0.3 is 0 Å². The minimum atomic E-state index is -3.68. The van der Waals surface area contributed by atoms with Crippen LogP contribution in [0.4, 0.5) is 0 Å². The minimum Gasteiger partial charge on any atom is -0.256 e. The summed E-state index contributed by atoms with van der Waals surface area (Å²) >= 11 is 0. The number of hydrogen-bond donors (Lipinski definition) is 0. The average Bonchev–Trinajstić information content (AvgIpc) is 2.43. The monoisotopic (exact) mass is 329 g/mol. The van der Waals surface area contributed by atoms with Crippen LogP contribution < -0.4 is 0 Å². The summed E-state index contributed by atoms with van der Waals surface area (Å²) in [5, 5.41) is 0. The van der Waals surface area contributed by atoms with E-state index in [-0.39, 0.29) is 4.90 Å². The highest BCUT2D eigenvalue weighted by molar-refractivity contribution is 7.89. The molecule has 0 aliphatic heterocycles. The van der Waals surface area contributed by atoms with E-state index in [9.17, 15) is 8.42 Å². The lowest BCUT2D eigenvalue weighted by atomic mass is 9.86. The van der Waals surface area contributed by atoms with Crippen molar-refractivity contribution in [2.75, 3.05) is 0 Å². The molecule has 2 rings (SSSR count). The third kappa shape index (κ3) is 3.49. The van der Waals surface area contributed by atoms with E-state index in [1.165, 1.54) is 10.5 Å². The van der Waals surface area contributed by atoms with Crippen LogP contribution >= 0.6 is 0 Å². The predicted octanol–water partition coefficient (Wildman–Crippen LogP) is 4.34. The van der Waals surface area contributed by atoms with Crippen LogP contribution in [0.25, 0.3) is 0 Å². The van der Waals surface area contributed by atoms with Gasteiger partial charge in [-0.25, -0.2) is 8.42 Å². The highest BCUT2D eigenvalue weighted by atomic mass is 32.2. The lowest BCUT2D eigenvalue weighted by Gasteiger charge is -2.39. The Morgan fingerprint density at radius 3 is 2.35 bits per heavy atom. The van der Waals surface area contributed by atoms with Crippen LogP contribution in [0.5, 0.6) is 0 Å². The molecule has 0 aromatic heterocycles. The maximum Gasteiger partial charge on any atom is 0.265 e. The van der Waals surface area contributed by atoms with Crippen LogP contribution in [-0.4, -0.2) is 18.3 Å². The van der Waals surface area contributed by atoms with Crippen LogP contribution in [0.15, 0.2) is 71.0 Å². The molecule has 0 saturated heterocycles. The van der Waals surface area contributed by atoms with Gasteiger partial charge in [0, 0.05) is 0 Å². The molecule has 0 N–H and O–H groups in total. The number of aryl methyl sites for hydroxylation is 1. The molecule has 122 valence electrons. The van der Waals surface area contributed by atoms with Gasteiger partial charge in [-0.1, -0.05) is 47.6 Å². The van der Waals surface area contributed by atoms with Gasteiger partial charge < -0.3 is 0 Å². The smallest absolute Gasteiger partial charge is 0.256 e. The second-order valence-corrected chi connectivity index (χ2v) is 8.18. The van der Waals surface area contributed by atoms with Crippen molar-refractivity contribution in [1.29, 1.82) is 0 Å². The van der Waals surface area contributed by atoms with Gasteiger partial charge in [0.1, 0.15) is 0 Å². The Morgan fingerprint density at radius 1 is 1.22 bits per heavy atom. The largest absolute Gasteiger partial charge is 0.265 e. The molecule has 0 bridgehead atoms. The van der Waals surface area contributed by atoms with E-state index >= 15 is 0 Å². The second kappa shape index (κ2) is 6.23. The van der Waals surface area contributed by atoms with Gasteiger partial charge in [0.2, 0.25) is 0 Å². The molecule has 1 aromatic rings. The maximum atomic E-state index is 13.1. The van der Waals surface area contributed by atoms with E-state index in [0.29, 0.717) is 6.42 Å². The van der Waals surface area contributed by atoms with Crippen LogP contribution in [0.2, 0.25) is 0 Å². The molecular weight excluding hydrogens is 306 g/mol. The molecular formula is C19H23NO2S. The van der Waals surface area contributed by atoms with Gasteiger partial charge in [-0.05, 0) is 46.2 Å². The third-order valence-electron chi connectivity index (χ3n) is 3.94. The van der Waals surface area contributed by atoms with Crippen molar-refractivity contribution in [3.05, 3.63) is 71.6 Å². The predicted molar refractivity (Wildman–Crippen MR) is 94.4 cm³/mol. The highest BCUT2D eigenvalue weighted by Gasteiger charge is 2.38. The van der Waals surface area contributed by atoms with Crippen molar-refractivity contribution >= 4 is 10.0 Å². The molecule has 0 heterocycles. The standard InChI is InChI=1S/C19H23NO2S/c1-6-11-20(19(5)13-16(3)12-17(4)14-19)23(21,22)18-9-7-15(2)8-10-18/h7-13H,1,14H2,2-5H3. The molecule has 1 aliphatic carbocycles. The number of sulfonamides is 1. The van der Waals surface area contributed by atoms with Gasteiger partial charge in [-0.3, -0.25) is 4.31 Å². The number of rotatable bonds is 4. The fourth-order valence-electron chi connectivity index (χ4n) is 3.13.